The first kappa shape index (κ1) is 47.8. The summed E-state index contributed by atoms with van der Waals surface area (Å²) in [5.74, 6) is -4.57. The van der Waals surface area contributed by atoms with Gasteiger partial charge in [-0.1, -0.05) is 68.3 Å². The fourth-order valence-corrected chi connectivity index (χ4v) is 7.68. The molecule has 13 N–H and O–H groups in total. The van der Waals surface area contributed by atoms with E-state index in [2.05, 4.69) is 46.5 Å². The number of unbranched alkanes of at least 4 members (excludes halogenated alkanes) is 1. The van der Waals surface area contributed by atoms with Gasteiger partial charge in [0.25, 0.3) is 0 Å². The van der Waals surface area contributed by atoms with Crippen LogP contribution < -0.4 is 43.8 Å². The van der Waals surface area contributed by atoms with Crippen LogP contribution in [0.5, 0.6) is 0 Å². The maximum atomic E-state index is 14.6. The fraction of sp³-hybridized carbons (Fsp3) is 0.432. The molecule has 1 unspecified atom stereocenters. The maximum Gasteiger partial charge on any atom is 0.246 e. The van der Waals surface area contributed by atoms with E-state index in [1.807, 2.05) is 31.2 Å². The summed E-state index contributed by atoms with van der Waals surface area (Å²) in [6.45, 7) is 4.85. The number of nitrogens with two attached hydrogens (primary N) is 3. The summed E-state index contributed by atoms with van der Waals surface area (Å²) in [7, 11) is 0. The van der Waals surface area contributed by atoms with E-state index in [0.717, 1.165) is 28.6 Å². The molecule has 7 amide bonds. The summed E-state index contributed by atoms with van der Waals surface area (Å²) >= 11 is 0. The lowest BCUT2D eigenvalue weighted by molar-refractivity contribution is -0.144. The lowest BCUT2D eigenvalue weighted by atomic mass is 9.94. The second-order valence-corrected chi connectivity index (χ2v) is 15.9. The predicted molar refractivity (Wildman–Crippen MR) is 238 cm³/mol. The minimum atomic E-state index is -1.29. The highest BCUT2D eigenvalue weighted by atomic mass is 16.2. The smallest absolute Gasteiger partial charge is 0.246 e. The van der Waals surface area contributed by atoms with Crippen LogP contribution in [0.2, 0.25) is 0 Å². The number of aromatic amines is 2. The number of imidazole rings is 1. The Bertz CT molecular complexity index is 2290. The minimum absolute atomic E-state index is 0.0150. The normalized spacial score (nSPS) is 15.6. The number of carbonyl (C=O) groups excluding carboxylic acids is 7. The summed E-state index contributed by atoms with van der Waals surface area (Å²) in [6, 6.07) is 9.69. The molecule has 5 rings (SSSR count). The number of hydrogen-bond donors (Lipinski definition) is 10. The summed E-state index contributed by atoms with van der Waals surface area (Å²) in [6.07, 6.45) is 5.07. The molecule has 0 fully saturated rings. The zero-order valence-electron chi connectivity index (χ0n) is 36.3. The molecule has 20 nitrogen and oxygen atoms in total. The van der Waals surface area contributed by atoms with Gasteiger partial charge in [-0.05, 0) is 43.4 Å². The highest BCUT2D eigenvalue weighted by Gasteiger charge is 2.39. The third-order valence-electron chi connectivity index (χ3n) is 11.0. The molecule has 0 saturated heterocycles. The number of rotatable bonds is 22. The van der Waals surface area contributed by atoms with Gasteiger partial charge >= 0.3 is 0 Å². The number of para-hydroxylation sites is 1. The molecule has 0 radical (unpaired) electrons. The molecular weight excluding hydrogens is 823 g/mol. The van der Waals surface area contributed by atoms with Crippen molar-refractivity contribution in [3.05, 3.63) is 89.6 Å². The molecule has 20 heteroatoms. The van der Waals surface area contributed by atoms with Gasteiger partial charge in [0, 0.05) is 61.2 Å². The Kier molecular flexibility index (Phi) is 17.0. The molecule has 1 aliphatic rings. The largest absolute Gasteiger partial charge is 0.370 e. The molecule has 0 bridgehead atoms. The number of aliphatic imine (C=N–C) groups is 1. The monoisotopic (exact) mass is 881 g/mol. The summed E-state index contributed by atoms with van der Waals surface area (Å²) in [5.41, 5.74) is 20.6. The Morgan fingerprint density at radius 2 is 1.44 bits per heavy atom. The first-order valence-electron chi connectivity index (χ1n) is 21.4. The van der Waals surface area contributed by atoms with Crippen LogP contribution in [-0.2, 0) is 59.4 Å². The third-order valence-corrected chi connectivity index (χ3v) is 11.0. The van der Waals surface area contributed by atoms with Gasteiger partial charge < -0.3 is 58.7 Å². The minimum Gasteiger partial charge on any atom is -0.370 e. The Labute approximate surface area is 370 Å². The molecule has 3 heterocycles. The van der Waals surface area contributed by atoms with E-state index in [9.17, 15) is 33.6 Å². The molecule has 64 heavy (non-hydrogen) atoms. The molecule has 1 aliphatic heterocycles. The van der Waals surface area contributed by atoms with Crippen LogP contribution in [0.25, 0.3) is 10.9 Å². The number of fused-ring (bicyclic) bond motifs is 3. The SMILES string of the molecule is CCCC[C@H](NC(C)=O)C(=O)N[C@@H](C)C(=O)N[C@@H](Cc1cnc[nH]1)C(=O)N[C@H](Cc1ccccc1)C(=O)N[C@@H](CCCN=C(N)N)C(=O)N1Cc2[nH]c3ccccc3c2CC1C(N)=O. The van der Waals surface area contributed by atoms with E-state index in [0.29, 0.717) is 24.1 Å². The number of primary amides is 1. The van der Waals surface area contributed by atoms with E-state index < -0.39 is 77.6 Å². The number of amides is 7. The number of carbonyl (C=O) groups is 7. The molecule has 342 valence electrons. The van der Waals surface area contributed by atoms with Crippen molar-refractivity contribution in [2.75, 3.05) is 6.54 Å². The summed E-state index contributed by atoms with van der Waals surface area (Å²) < 4.78 is 0. The molecule has 0 aliphatic carbocycles. The van der Waals surface area contributed by atoms with Gasteiger partial charge in [0.05, 0.1) is 12.9 Å². The summed E-state index contributed by atoms with van der Waals surface area (Å²) in [5, 5.41) is 14.5. The van der Waals surface area contributed by atoms with Crippen LogP contribution in [0.1, 0.15) is 75.4 Å². The van der Waals surface area contributed by atoms with Crippen molar-refractivity contribution in [3.8, 4) is 0 Å². The number of H-pyrrole nitrogens is 2. The van der Waals surface area contributed by atoms with Crippen molar-refractivity contribution in [1.29, 1.82) is 0 Å². The Morgan fingerprint density at radius 1 is 0.797 bits per heavy atom. The molecule has 2 aromatic carbocycles. The zero-order valence-corrected chi connectivity index (χ0v) is 36.3. The standard InChI is InChI=1S/C44H59N13O7/c1-4-5-15-32(52-26(3)58)40(61)51-25(2)39(60)55-35(20-28-22-48-24-50-28)42(63)56-34(19-27-12-7-6-8-13-27)41(62)54-33(17-11-18-49-44(46)47)43(64)57-23-36-30(21-37(57)38(45)59)29-14-9-10-16-31(29)53-36/h6-10,12-14,16,22,24-25,32-35,37,53H,4-5,11,15,17-21,23H2,1-3H3,(H2,45,59)(H,48,50)(H,51,61)(H,52,58)(H,54,62)(H,55,60)(H,56,63)(H4,46,47,49)/t25-,32-,33-,34+,35-,37?/m0/s1. The predicted octanol–water partition coefficient (Wildman–Crippen LogP) is -0.177. The zero-order chi connectivity index (χ0) is 46.3. The van der Waals surface area contributed by atoms with E-state index >= 15 is 0 Å². The van der Waals surface area contributed by atoms with Gasteiger partial charge in [-0.2, -0.15) is 0 Å². The van der Waals surface area contributed by atoms with Gasteiger partial charge in [0.2, 0.25) is 41.4 Å². The highest BCUT2D eigenvalue weighted by molar-refractivity contribution is 5.97. The second kappa shape index (κ2) is 22.7. The second-order valence-electron chi connectivity index (χ2n) is 15.9. The third kappa shape index (κ3) is 13.1. The molecule has 0 saturated carbocycles. The van der Waals surface area contributed by atoms with Crippen LogP contribution in [0.4, 0.5) is 0 Å². The number of aromatic nitrogens is 3. The average Bonchev–Trinajstić information content (AvgIpc) is 3.92. The Morgan fingerprint density at radius 3 is 2.09 bits per heavy atom. The number of hydrogen-bond acceptors (Lipinski definition) is 9. The van der Waals surface area contributed by atoms with Gasteiger partial charge in [-0.3, -0.25) is 38.6 Å². The topological polar surface area (TPSA) is 318 Å². The van der Waals surface area contributed by atoms with Crippen LogP contribution in [0, 0.1) is 0 Å². The lowest BCUT2D eigenvalue weighted by Gasteiger charge is -2.36. The first-order chi connectivity index (χ1) is 30.6. The van der Waals surface area contributed by atoms with Gasteiger partial charge in [-0.15, -0.1) is 0 Å². The van der Waals surface area contributed by atoms with Gasteiger partial charge in [0.15, 0.2) is 5.96 Å². The molecule has 6 atom stereocenters. The maximum absolute atomic E-state index is 14.6. The van der Waals surface area contributed by atoms with E-state index in [1.54, 1.807) is 30.3 Å². The first-order valence-corrected chi connectivity index (χ1v) is 21.4. The average molecular weight is 882 g/mol. The highest BCUT2D eigenvalue weighted by Crippen LogP contribution is 2.31. The van der Waals surface area contributed by atoms with Crippen molar-refractivity contribution < 1.29 is 33.6 Å². The quantitative estimate of drug-likeness (QED) is 0.0282. The molecular formula is C44H59N13O7. The molecule has 0 spiro atoms. The van der Waals surface area contributed by atoms with Crippen molar-refractivity contribution in [2.24, 2.45) is 22.2 Å². The fourth-order valence-electron chi connectivity index (χ4n) is 7.68. The number of nitrogens with zero attached hydrogens (tertiary/aromatic N) is 3. The van der Waals surface area contributed by atoms with Crippen LogP contribution in [0.15, 0.2) is 72.1 Å². The molecule has 2 aromatic heterocycles. The van der Waals surface area contributed by atoms with Crippen LogP contribution in [0.3, 0.4) is 0 Å². The number of nitrogens with one attached hydrogen (secondary N) is 7. The van der Waals surface area contributed by atoms with Crippen LogP contribution in [-0.4, -0.2) is 110 Å². The van der Waals surface area contributed by atoms with Crippen molar-refractivity contribution >= 4 is 58.2 Å². The van der Waals surface area contributed by atoms with Gasteiger partial charge in [-0.25, -0.2) is 4.98 Å². The van der Waals surface area contributed by atoms with Gasteiger partial charge in [0.1, 0.15) is 36.3 Å². The van der Waals surface area contributed by atoms with Crippen molar-refractivity contribution in [2.45, 2.75) is 115 Å². The summed E-state index contributed by atoms with van der Waals surface area (Å²) in [4.78, 5) is 111. The van der Waals surface area contributed by atoms with Crippen LogP contribution >= 0.6 is 0 Å². The number of guanidine groups is 1. The Balaban J connectivity index is 1.39. The van der Waals surface area contributed by atoms with E-state index in [4.69, 9.17) is 17.2 Å². The Hall–Kier alpha value is -7.25. The molecule has 4 aromatic rings. The lowest BCUT2D eigenvalue weighted by Crippen LogP contribution is -2.61. The van der Waals surface area contributed by atoms with Crippen molar-refractivity contribution in [1.82, 2.24) is 46.4 Å². The number of benzene rings is 2. The van der Waals surface area contributed by atoms with E-state index in [1.165, 1.54) is 31.3 Å². The van der Waals surface area contributed by atoms with Crippen molar-refractivity contribution in [3.63, 3.8) is 0 Å². The van der Waals surface area contributed by atoms with E-state index in [-0.39, 0.29) is 51.2 Å².